The third-order valence-corrected chi connectivity index (χ3v) is 1.91. The molecular formula is C10H11ClN2O4. The predicted octanol–water partition coefficient (Wildman–Crippen LogP) is 0.252. The lowest BCUT2D eigenvalue weighted by Crippen LogP contribution is -2.32. The van der Waals surface area contributed by atoms with E-state index >= 15 is 0 Å². The Labute approximate surface area is 103 Å². The standard InChI is InChI=1S/C10H11ClN2O4/c11-7-3-1-2-4-8(7)16-6-10(15)13-17-5-9(12)14/h1-4H,5-6H2,(H2,12,14)(H,13,15). The first-order chi connectivity index (χ1) is 8.09. The van der Waals surface area contributed by atoms with Gasteiger partial charge in [-0.1, -0.05) is 23.7 Å². The van der Waals surface area contributed by atoms with Gasteiger partial charge < -0.3 is 10.5 Å². The average molecular weight is 259 g/mol. The Morgan fingerprint density at radius 3 is 2.65 bits per heavy atom. The highest BCUT2D eigenvalue weighted by atomic mass is 35.5. The average Bonchev–Trinajstić information content (AvgIpc) is 2.27. The smallest absolute Gasteiger partial charge is 0.281 e. The Bertz CT molecular complexity index is 411. The molecule has 0 fully saturated rings. The van der Waals surface area contributed by atoms with E-state index in [1.807, 2.05) is 5.48 Å². The molecule has 7 heteroatoms. The van der Waals surface area contributed by atoms with E-state index in [0.717, 1.165) is 0 Å². The summed E-state index contributed by atoms with van der Waals surface area (Å²) < 4.78 is 5.12. The molecule has 0 aliphatic rings. The van der Waals surface area contributed by atoms with Gasteiger partial charge in [0.05, 0.1) is 5.02 Å². The summed E-state index contributed by atoms with van der Waals surface area (Å²) in [6.45, 7) is -0.666. The van der Waals surface area contributed by atoms with Crippen molar-refractivity contribution >= 4 is 23.4 Å². The van der Waals surface area contributed by atoms with E-state index in [2.05, 4.69) is 4.84 Å². The molecule has 0 saturated heterocycles. The van der Waals surface area contributed by atoms with Gasteiger partial charge in [0.1, 0.15) is 5.75 Å². The summed E-state index contributed by atoms with van der Waals surface area (Å²) in [6, 6.07) is 6.73. The molecule has 0 saturated carbocycles. The number of nitrogens with two attached hydrogens (primary N) is 1. The van der Waals surface area contributed by atoms with Gasteiger partial charge in [0, 0.05) is 0 Å². The number of hydroxylamine groups is 1. The van der Waals surface area contributed by atoms with E-state index in [1.165, 1.54) is 0 Å². The molecule has 0 radical (unpaired) electrons. The number of carbonyl (C=O) groups excluding carboxylic acids is 2. The van der Waals surface area contributed by atoms with E-state index in [9.17, 15) is 9.59 Å². The van der Waals surface area contributed by atoms with Crippen molar-refractivity contribution in [1.82, 2.24) is 5.48 Å². The fourth-order valence-corrected chi connectivity index (χ4v) is 1.11. The Balaban J connectivity index is 2.29. The number of hydrogen-bond acceptors (Lipinski definition) is 4. The van der Waals surface area contributed by atoms with Gasteiger partial charge in [-0.2, -0.15) is 0 Å². The Hall–Kier alpha value is -1.79. The number of amides is 2. The third kappa shape index (κ3) is 5.19. The third-order valence-electron chi connectivity index (χ3n) is 1.60. The van der Waals surface area contributed by atoms with Gasteiger partial charge in [-0.3, -0.25) is 14.4 Å². The van der Waals surface area contributed by atoms with Crippen LogP contribution in [0.15, 0.2) is 24.3 Å². The molecule has 0 aliphatic carbocycles. The van der Waals surface area contributed by atoms with E-state index in [4.69, 9.17) is 22.1 Å². The fourth-order valence-electron chi connectivity index (χ4n) is 0.922. The number of rotatable bonds is 6. The monoisotopic (exact) mass is 258 g/mol. The number of nitrogens with one attached hydrogen (secondary N) is 1. The van der Waals surface area contributed by atoms with Crippen molar-refractivity contribution in [1.29, 1.82) is 0 Å². The lowest BCUT2D eigenvalue weighted by molar-refractivity contribution is -0.139. The van der Waals surface area contributed by atoms with Gasteiger partial charge in [0.15, 0.2) is 13.2 Å². The number of para-hydroxylation sites is 1. The van der Waals surface area contributed by atoms with Crippen molar-refractivity contribution in [3.05, 3.63) is 29.3 Å². The van der Waals surface area contributed by atoms with E-state index in [1.54, 1.807) is 24.3 Å². The molecule has 1 rings (SSSR count). The van der Waals surface area contributed by atoms with Crippen LogP contribution in [0.25, 0.3) is 0 Å². The maximum atomic E-state index is 11.2. The van der Waals surface area contributed by atoms with Crippen LogP contribution in [0.1, 0.15) is 0 Å². The van der Waals surface area contributed by atoms with Gasteiger partial charge in [-0.25, -0.2) is 5.48 Å². The minimum absolute atomic E-state index is 0.275. The van der Waals surface area contributed by atoms with Crippen molar-refractivity contribution in [2.75, 3.05) is 13.2 Å². The molecule has 0 unspecified atom stereocenters. The van der Waals surface area contributed by atoms with Crippen LogP contribution in [-0.2, 0) is 14.4 Å². The normalized spacial score (nSPS) is 9.71. The van der Waals surface area contributed by atoms with Crippen molar-refractivity contribution < 1.29 is 19.2 Å². The summed E-state index contributed by atoms with van der Waals surface area (Å²) in [7, 11) is 0. The van der Waals surface area contributed by atoms with Crippen molar-refractivity contribution in [2.45, 2.75) is 0 Å². The summed E-state index contributed by atoms with van der Waals surface area (Å²) in [5.41, 5.74) is 6.80. The van der Waals surface area contributed by atoms with Crippen LogP contribution >= 0.6 is 11.6 Å². The topological polar surface area (TPSA) is 90.7 Å². The van der Waals surface area contributed by atoms with Gasteiger partial charge in [0.2, 0.25) is 5.91 Å². The van der Waals surface area contributed by atoms with E-state index in [0.29, 0.717) is 10.8 Å². The van der Waals surface area contributed by atoms with Gasteiger partial charge in [-0.05, 0) is 12.1 Å². The molecular weight excluding hydrogens is 248 g/mol. The Morgan fingerprint density at radius 2 is 2.00 bits per heavy atom. The summed E-state index contributed by atoms with van der Waals surface area (Å²) >= 11 is 5.80. The van der Waals surface area contributed by atoms with Gasteiger partial charge in [-0.15, -0.1) is 0 Å². The number of primary amides is 1. The molecule has 0 aliphatic heterocycles. The van der Waals surface area contributed by atoms with Crippen LogP contribution in [0.3, 0.4) is 0 Å². The molecule has 1 aromatic carbocycles. The highest BCUT2D eigenvalue weighted by Gasteiger charge is 2.05. The second kappa shape index (κ2) is 6.72. The molecule has 0 bridgehead atoms. The number of carbonyl (C=O) groups is 2. The molecule has 17 heavy (non-hydrogen) atoms. The lowest BCUT2D eigenvalue weighted by Gasteiger charge is -2.07. The minimum Gasteiger partial charge on any atom is -0.482 e. The van der Waals surface area contributed by atoms with E-state index < -0.39 is 18.4 Å². The van der Waals surface area contributed by atoms with Crippen LogP contribution in [-0.4, -0.2) is 25.0 Å². The summed E-state index contributed by atoms with van der Waals surface area (Å²) in [6.07, 6.45) is 0. The van der Waals surface area contributed by atoms with E-state index in [-0.39, 0.29) is 6.61 Å². The zero-order valence-electron chi connectivity index (χ0n) is 8.81. The molecule has 0 heterocycles. The lowest BCUT2D eigenvalue weighted by atomic mass is 10.3. The van der Waals surface area contributed by atoms with Crippen LogP contribution in [0.2, 0.25) is 5.02 Å². The largest absolute Gasteiger partial charge is 0.482 e. The second-order valence-corrected chi connectivity index (χ2v) is 3.41. The summed E-state index contributed by atoms with van der Waals surface area (Å²) in [5.74, 6) is -0.845. The second-order valence-electron chi connectivity index (χ2n) is 3.00. The molecule has 0 atom stereocenters. The highest BCUT2D eigenvalue weighted by Crippen LogP contribution is 2.22. The first-order valence-corrected chi connectivity index (χ1v) is 5.03. The molecule has 6 nitrogen and oxygen atoms in total. The maximum Gasteiger partial charge on any atom is 0.281 e. The fraction of sp³-hybridized carbons (Fsp3) is 0.200. The zero-order chi connectivity index (χ0) is 12.7. The Kier molecular flexibility index (Phi) is 5.25. The predicted molar refractivity (Wildman–Crippen MR) is 60.2 cm³/mol. The van der Waals surface area contributed by atoms with Gasteiger partial charge >= 0.3 is 0 Å². The maximum absolute atomic E-state index is 11.2. The zero-order valence-corrected chi connectivity index (χ0v) is 9.57. The highest BCUT2D eigenvalue weighted by molar-refractivity contribution is 6.32. The van der Waals surface area contributed by atoms with Crippen LogP contribution in [0.4, 0.5) is 0 Å². The quantitative estimate of drug-likeness (QED) is 0.716. The molecule has 0 aromatic heterocycles. The minimum atomic E-state index is -0.683. The van der Waals surface area contributed by atoms with Gasteiger partial charge in [0.25, 0.3) is 5.91 Å². The van der Waals surface area contributed by atoms with Crippen molar-refractivity contribution in [3.8, 4) is 5.75 Å². The summed E-state index contributed by atoms with van der Waals surface area (Å²) in [4.78, 5) is 25.9. The van der Waals surface area contributed by atoms with Crippen LogP contribution < -0.4 is 16.0 Å². The van der Waals surface area contributed by atoms with Crippen LogP contribution in [0.5, 0.6) is 5.75 Å². The molecule has 0 spiro atoms. The first-order valence-electron chi connectivity index (χ1n) is 4.66. The summed E-state index contributed by atoms with van der Waals surface area (Å²) in [5, 5.41) is 0.401. The van der Waals surface area contributed by atoms with Crippen molar-refractivity contribution in [2.24, 2.45) is 5.73 Å². The molecule has 2 amide bonds. The number of ether oxygens (including phenoxy) is 1. The van der Waals surface area contributed by atoms with Crippen LogP contribution in [0, 0.1) is 0 Å². The number of hydrogen-bond donors (Lipinski definition) is 2. The number of benzene rings is 1. The van der Waals surface area contributed by atoms with Crippen molar-refractivity contribution in [3.63, 3.8) is 0 Å². The number of halogens is 1. The molecule has 1 aromatic rings. The molecule has 92 valence electrons. The SMILES string of the molecule is NC(=O)CONC(=O)COc1ccccc1Cl. The molecule has 3 N–H and O–H groups in total. The Morgan fingerprint density at radius 1 is 1.29 bits per heavy atom. The first kappa shape index (κ1) is 13.3.